The molecule has 0 N–H and O–H groups in total. The highest BCUT2D eigenvalue weighted by atomic mass is 16.3. The third kappa shape index (κ3) is 8.51. The van der Waals surface area contributed by atoms with Gasteiger partial charge < -0.3 is 19.1 Å². The van der Waals surface area contributed by atoms with E-state index >= 15 is 0 Å². The summed E-state index contributed by atoms with van der Waals surface area (Å²) in [6.45, 7) is 43.2. The van der Waals surface area contributed by atoms with Crippen molar-refractivity contribution >= 4 is 96.2 Å². The second-order valence-corrected chi connectivity index (χ2v) is 30.9. The van der Waals surface area contributed by atoms with Gasteiger partial charge in [-0.1, -0.05) is 184 Å². The van der Waals surface area contributed by atoms with Crippen molar-refractivity contribution in [2.75, 3.05) is 14.7 Å². The summed E-state index contributed by atoms with van der Waals surface area (Å²) in [5.74, 6) is 0. The Bertz CT molecular complexity index is 4010. The van der Waals surface area contributed by atoms with Crippen LogP contribution in [-0.4, -0.2) is 6.71 Å². The molecule has 2 aliphatic carbocycles. The maximum absolute atomic E-state index is 6.82. The topological polar surface area (TPSA) is 22.9 Å². The highest BCUT2D eigenvalue weighted by molar-refractivity contribution is 7.00. The molecule has 0 atom stereocenters. The molecule has 2 aliphatic heterocycles. The van der Waals surface area contributed by atoms with Gasteiger partial charge in [0.1, 0.15) is 11.2 Å². The van der Waals surface area contributed by atoms with Crippen LogP contribution in [-0.2, 0) is 37.9 Å². The van der Waals surface area contributed by atoms with Crippen molar-refractivity contribution in [2.24, 2.45) is 0 Å². The van der Waals surface area contributed by atoms with Crippen LogP contribution in [0.4, 0.5) is 51.2 Å². The monoisotopic (exact) mass is 1080 g/mol. The molecule has 0 radical (unpaired) electrons. The number of nitrogens with zero attached hydrogens (tertiary/aromatic N) is 3. The fourth-order valence-electron chi connectivity index (χ4n) is 14.7. The van der Waals surface area contributed by atoms with Crippen LogP contribution in [0.15, 0.2) is 150 Å². The second-order valence-electron chi connectivity index (χ2n) is 30.9. The normalized spacial score (nSPS) is 17.5. The van der Waals surface area contributed by atoms with Gasteiger partial charge >= 0.3 is 0 Å². The first-order valence-electron chi connectivity index (χ1n) is 30.6. The minimum Gasteiger partial charge on any atom is -0.456 e. The number of anilines is 9. The fraction of sp³-hybridized carbons (Fsp3) is 0.377. The van der Waals surface area contributed by atoms with E-state index in [2.05, 4.69) is 285 Å². The number of benzene rings is 8. The highest BCUT2D eigenvalue weighted by Gasteiger charge is 2.48. The molecule has 418 valence electrons. The van der Waals surface area contributed by atoms with Crippen molar-refractivity contribution in [1.82, 2.24) is 0 Å². The standard InChI is InChI=1S/C77H86BN3O/c1-47-40-55-57(76(15,16)38-36-74(55,11)12)45-62(47)81-64-46-58-56(75(13,14)37-39-77(58,17)18)44-60(64)78-59-35-34-53(79(51-30-26-48(27-31-51)71(2,3)4)52-32-28-49(29-33-52)72(5,6)7)43-63(59)80(65-41-50(73(8,9)10)42-66(81)70(65)78)61-23-21-25-68-69(61)54-22-19-20-24-67(54)82-68/h19-35,40-46H,36-39H2,1-18H3. The van der Waals surface area contributed by atoms with Gasteiger partial charge in [-0.15, -0.1) is 0 Å². The van der Waals surface area contributed by atoms with Crippen molar-refractivity contribution < 1.29 is 4.42 Å². The molecule has 0 unspecified atom stereocenters. The molecule has 0 saturated heterocycles. The minimum absolute atomic E-state index is 0.00178. The average molecular weight is 1080 g/mol. The summed E-state index contributed by atoms with van der Waals surface area (Å²) < 4.78 is 6.82. The van der Waals surface area contributed by atoms with Crippen molar-refractivity contribution in [2.45, 2.75) is 188 Å². The van der Waals surface area contributed by atoms with Crippen LogP contribution in [0, 0.1) is 6.92 Å². The molecular weight excluding hydrogens is 994 g/mol. The summed E-state index contributed by atoms with van der Waals surface area (Å²) in [5.41, 5.74) is 27.7. The number of para-hydroxylation sites is 1. The molecule has 1 aromatic heterocycles. The van der Waals surface area contributed by atoms with Crippen molar-refractivity contribution in [3.63, 3.8) is 0 Å². The number of hydrogen-bond acceptors (Lipinski definition) is 4. The van der Waals surface area contributed by atoms with Gasteiger partial charge in [-0.05, 0) is 210 Å². The van der Waals surface area contributed by atoms with Gasteiger partial charge in [0.2, 0.25) is 0 Å². The molecule has 8 aromatic carbocycles. The lowest BCUT2D eigenvalue weighted by molar-refractivity contribution is 0.331. The van der Waals surface area contributed by atoms with E-state index in [0.29, 0.717) is 0 Å². The first-order valence-corrected chi connectivity index (χ1v) is 30.6. The van der Waals surface area contributed by atoms with Gasteiger partial charge in [-0.2, -0.15) is 0 Å². The smallest absolute Gasteiger partial charge is 0.252 e. The lowest BCUT2D eigenvalue weighted by Crippen LogP contribution is -2.62. The minimum atomic E-state index is -0.191. The highest BCUT2D eigenvalue weighted by Crippen LogP contribution is 2.55. The summed E-state index contributed by atoms with van der Waals surface area (Å²) in [4.78, 5) is 7.88. The first-order chi connectivity index (χ1) is 38.4. The third-order valence-corrected chi connectivity index (χ3v) is 20.2. The number of fused-ring (bicyclic) bond motifs is 9. The summed E-state index contributed by atoms with van der Waals surface area (Å²) in [6, 6.07) is 57.1. The Morgan fingerprint density at radius 2 is 0.854 bits per heavy atom. The lowest BCUT2D eigenvalue weighted by Gasteiger charge is -2.48. The second kappa shape index (κ2) is 18.0. The zero-order chi connectivity index (χ0) is 58.2. The van der Waals surface area contributed by atoms with Crippen LogP contribution >= 0.6 is 0 Å². The van der Waals surface area contributed by atoms with Crippen molar-refractivity contribution in [1.29, 1.82) is 0 Å². The Balaban J connectivity index is 1.16. The summed E-state index contributed by atoms with van der Waals surface area (Å²) >= 11 is 0. The maximum atomic E-state index is 6.82. The molecule has 0 bridgehead atoms. The molecule has 0 spiro atoms. The van der Waals surface area contributed by atoms with Gasteiger partial charge in [-0.25, -0.2) is 0 Å². The van der Waals surface area contributed by atoms with Gasteiger partial charge in [0, 0.05) is 50.9 Å². The quantitative estimate of drug-likeness (QED) is 0.160. The Morgan fingerprint density at radius 1 is 0.402 bits per heavy atom. The molecule has 13 rings (SSSR count). The average Bonchev–Trinajstić information content (AvgIpc) is 1.13. The van der Waals surface area contributed by atoms with Crippen molar-refractivity contribution in [3.05, 3.63) is 190 Å². The fourth-order valence-corrected chi connectivity index (χ4v) is 14.7. The molecule has 0 saturated carbocycles. The van der Waals surface area contributed by atoms with Crippen LogP contribution in [0.5, 0.6) is 0 Å². The van der Waals surface area contributed by atoms with Crippen LogP contribution in [0.3, 0.4) is 0 Å². The first kappa shape index (κ1) is 54.3. The van der Waals surface area contributed by atoms with Gasteiger partial charge in [0.15, 0.2) is 0 Å². The largest absolute Gasteiger partial charge is 0.456 e. The predicted octanol–water partition coefficient (Wildman–Crippen LogP) is 20.0. The number of furan rings is 1. The molecule has 4 nitrogen and oxygen atoms in total. The summed E-state index contributed by atoms with van der Waals surface area (Å²) in [5, 5.41) is 2.24. The third-order valence-electron chi connectivity index (χ3n) is 20.2. The van der Waals surface area contributed by atoms with E-state index in [0.717, 1.165) is 64.0 Å². The predicted molar refractivity (Wildman–Crippen MR) is 354 cm³/mol. The van der Waals surface area contributed by atoms with Crippen LogP contribution in [0.1, 0.15) is 188 Å². The van der Waals surface area contributed by atoms with E-state index in [1.807, 2.05) is 0 Å². The molecule has 82 heavy (non-hydrogen) atoms. The van der Waals surface area contributed by atoms with E-state index in [1.165, 1.54) is 95.8 Å². The molecule has 5 heteroatoms. The number of aryl methyl sites for hydroxylation is 1. The van der Waals surface area contributed by atoms with Crippen LogP contribution in [0.25, 0.3) is 21.9 Å². The molecule has 4 aliphatic rings. The lowest BCUT2D eigenvalue weighted by atomic mass is 9.33. The molecule has 3 heterocycles. The maximum Gasteiger partial charge on any atom is 0.252 e. The Morgan fingerprint density at radius 3 is 1.39 bits per heavy atom. The molecule has 9 aromatic rings. The Kier molecular flexibility index (Phi) is 11.9. The van der Waals surface area contributed by atoms with Gasteiger partial charge in [0.25, 0.3) is 6.71 Å². The Labute approximate surface area is 491 Å². The van der Waals surface area contributed by atoms with E-state index in [1.54, 1.807) is 0 Å². The van der Waals surface area contributed by atoms with Gasteiger partial charge in [0.05, 0.1) is 11.1 Å². The zero-order valence-electron chi connectivity index (χ0n) is 52.5. The molecule has 0 fully saturated rings. The molecular formula is C77H86BN3O. The number of rotatable bonds is 5. The van der Waals surface area contributed by atoms with Gasteiger partial charge in [-0.3, -0.25) is 0 Å². The zero-order valence-corrected chi connectivity index (χ0v) is 52.5. The summed E-state index contributed by atoms with van der Waals surface area (Å²) in [6.07, 6.45) is 4.63. The number of hydrogen-bond donors (Lipinski definition) is 0. The Hall–Kier alpha value is -6.98. The van der Waals surface area contributed by atoms with Crippen molar-refractivity contribution in [3.8, 4) is 0 Å². The SMILES string of the molecule is Cc1cc2c(cc1N1c3cc4c(cc3B3c5ccc(N(c6ccc(C(C)(C)C)cc6)c6ccc(C(C)(C)C)cc6)cc5N(c5cccc6oc7ccccc7c56)c5cc(C(C)(C)C)cc1c53)C(C)(C)CCC4(C)C)C(C)(C)CCC2(C)C. The van der Waals surface area contributed by atoms with Crippen LogP contribution < -0.4 is 31.1 Å². The van der Waals surface area contributed by atoms with E-state index in [-0.39, 0.29) is 44.6 Å². The van der Waals surface area contributed by atoms with E-state index in [9.17, 15) is 0 Å². The van der Waals surface area contributed by atoms with E-state index in [4.69, 9.17) is 4.42 Å². The summed E-state index contributed by atoms with van der Waals surface area (Å²) in [7, 11) is 0. The van der Waals surface area contributed by atoms with E-state index < -0.39 is 0 Å². The van der Waals surface area contributed by atoms with Crippen LogP contribution in [0.2, 0.25) is 0 Å². The molecule has 0 amide bonds.